The minimum atomic E-state index is -0.180. The average molecular weight is 225 g/mol. The Bertz CT molecular complexity index is 453. The van der Waals surface area contributed by atoms with Crippen molar-refractivity contribution in [1.82, 2.24) is 0 Å². The van der Waals surface area contributed by atoms with Gasteiger partial charge in [0.15, 0.2) is 0 Å². The lowest BCUT2D eigenvalue weighted by Crippen LogP contribution is -2.31. The zero-order valence-electron chi connectivity index (χ0n) is 6.12. The van der Waals surface area contributed by atoms with Crippen molar-refractivity contribution in [1.29, 1.82) is 0 Å². The van der Waals surface area contributed by atoms with Gasteiger partial charge in [0.05, 0.1) is 10.7 Å². The van der Waals surface area contributed by atoms with Crippen LogP contribution in [-0.4, -0.2) is 12.5 Å². The summed E-state index contributed by atoms with van der Waals surface area (Å²) in [5, 5.41) is 1.44. The van der Waals surface area contributed by atoms with Crippen LogP contribution in [0.5, 0.6) is 0 Å². The second-order valence-electron chi connectivity index (χ2n) is 2.45. The first kappa shape index (κ1) is 7.61. The van der Waals surface area contributed by atoms with Gasteiger partial charge in [0.25, 0.3) is 5.91 Å². The Balaban J connectivity index is 2.81. The smallest absolute Gasteiger partial charge is 0.267 e. The van der Waals surface area contributed by atoms with Gasteiger partial charge >= 0.3 is 0 Å². The molecule has 1 amide bonds. The van der Waals surface area contributed by atoms with E-state index in [2.05, 4.69) is 25.9 Å². The summed E-state index contributed by atoms with van der Waals surface area (Å²) in [6.07, 6.45) is 0. The van der Waals surface area contributed by atoms with E-state index in [1.54, 1.807) is 6.07 Å². The van der Waals surface area contributed by atoms with Crippen LogP contribution in [0, 0.1) is 0 Å². The van der Waals surface area contributed by atoms with E-state index in [9.17, 15) is 4.79 Å². The zero-order chi connectivity index (χ0) is 8.55. The lowest BCUT2D eigenvalue weighted by Gasteiger charge is -1.97. The van der Waals surface area contributed by atoms with E-state index < -0.39 is 0 Å². The lowest BCUT2D eigenvalue weighted by atomic mass is 10.3. The number of hydrogen-bond donors (Lipinski definition) is 0. The molecule has 0 spiro atoms. The minimum absolute atomic E-state index is 0.175. The topological polar surface area (TPSA) is 41.8 Å². The van der Waals surface area contributed by atoms with Gasteiger partial charge in [0.2, 0.25) is 0 Å². The minimum Gasteiger partial charge on any atom is -0.273 e. The molecule has 1 aliphatic heterocycles. The molecule has 0 unspecified atom stereocenters. The van der Waals surface area contributed by atoms with Crippen molar-refractivity contribution in [3.63, 3.8) is 0 Å². The Labute approximate surface area is 77.0 Å². The summed E-state index contributed by atoms with van der Waals surface area (Å²) in [5.74, 6) is -0.180. The van der Waals surface area contributed by atoms with Crippen LogP contribution >= 0.6 is 15.9 Å². The highest BCUT2D eigenvalue weighted by atomic mass is 79.9. The number of carbonyl (C=O) groups excluding carboxylic acids is 1. The molecule has 0 saturated heterocycles. The van der Waals surface area contributed by atoms with Gasteiger partial charge < -0.3 is 0 Å². The van der Waals surface area contributed by atoms with Crippen molar-refractivity contribution in [2.75, 3.05) is 6.54 Å². The summed E-state index contributed by atoms with van der Waals surface area (Å²) in [5.41, 5.74) is 0. The SMILES string of the molecule is O=C1CN=c2ccc(Br)cc2=N1. The summed E-state index contributed by atoms with van der Waals surface area (Å²) >= 11 is 3.30. The van der Waals surface area contributed by atoms with Gasteiger partial charge in [-0.15, -0.1) is 0 Å². The van der Waals surface area contributed by atoms with Crippen molar-refractivity contribution in [2.45, 2.75) is 0 Å². The van der Waals surface area contributed by atoms with Crippen LogP contribution in [0.4, 0.5) is 0 Å². The highest BCUT2D eigenvalue weighted by molar-refractivity contribution is 9.10. The molecule has 0 bridgehead atoms. The molecule has 0 fully saturated rings. The largest absolute Gasteiger partial charge is 0.273 e. The number of halogens is 1. The third kappa shape index (κ3) is 1.30. The van der Waals surface area contributed by atoms with Crippen LogP contribution in [0.3, 0.4) is 0 Å². The van der Waals surface area contributed by atoms with Gasteiger partial charge in [-0.05, 0) is 18.2 Å². The summed E-state index contributed by atoms with van der Waals surface area (Å²) in [7, 11) is 0. The molecule has 0 aromatic heterocycles. The van der Waals surface area contributed by atoms with Crippen LogP contribution in [0.2, 0.25) is 0 Å². The van der Waals surface area contributed by atoms with E-state index in [1.807, 2.05) is 12.1 Å². The fourth-order valence-corrected chi connectivity index (χ4v) is 1.39. The summed E-state index contributed by atoms with van der Waals surface area (Å²) < 4.78 is 0.912. The maximum Gasteiger partial charge on any atom is 0.267 e. The average Bonchev–Trinajstić information content (AvgIpc) is 2.03. The highest BCUT2D eigenvalue weighted by Crippen LogP contribution is 2.02. The molecule has 60 valence electrons. The number of hydrogen-bond acceptors (Lipinski definition) is 2. The Morgan fingerprint density at radius 1 is 1.33 bits per heavy atom. The number of nitrogens with zero attached hydrogens (tertiary/aromatic N) is 2. The van der Waals surface area contributed by atoms with Crippen LogP contribution in [-0.2, 0) is 4.79 Å². The second-order valence-corrected chi connectivity index (χ2v) is 3.37. The molecule has 2 rings (SSSR count). The van der Waals surface area contributed by atoms with E-state index in [-0.39, 0.29) is 12.5 Å². The van der Waals surface area contributed by atoms with Gasteiger partial charge in [0.1, 0.15) is 6.54 Å². The molecule has 3 nitrogen and oxygen atoms in total. The highest BCUT2D eigenvalue weighted by Gasteiger charge is 2.02. The molecule has 0 radical (unpaired) electrons. The molecule has 0 aliphatic carbocycles. The first-order valence-corrected chi connectivity index (χ1v) is 4.26. The molecule has 0 atom stereocenters. The van der Waals surface area contributed by atoms with Gasteiger partial charge in [-0.2, -0.15) is 0 Å². The summed E-state index contributed by atoms with van der Waals surface area (Å²) in [4.78, 5) is 18.8. The Morgan fingerprint density at radius 3 is 3.00 bits per heavy atom. The first-order valence-electron chi connectivity index (χ1n) is 3.47. The third-order valence-corrected chi connectivity index (χ3v) is 2.06. The van der Waals surface area contributed by atoms with Crippen LogP contribution < -0.4 is 10.7 Å². The van der Waals surface area contributed by atoms with E-state index in [1.165, 1.54) is 0 Å². The van der Waals surface area contributed by atoms with Crippen LogP contribution in [0.25, 0.3) is 0 Å². The summed E-state index contributed by atoms with van der Waals surface area (Å²) in [6.45, 7) is 0.175. The van der Waals surface area contributed by atoms with Crippen molar-refractivity contribution in [2.24, 2.45) is 9.98 Å². The van der Waals surface area contributed by atoms with E-state index in [0.717, 1.165) is 9.83 Å². The van der Waals surface area contributed by atoms with Gasteiger partial charge in [-0.1, -0.05) is 15.9 Å². The number of benzene rings is 1. The second kappa shape index (κ2) is 2.79. The van der Waals surface area contributed by atoms with E-state index >= 15 is 0 Å². The van der Waals surface area contributed by atoms with Crippen LogP contribution in [0.15, 0.2) is 32.7 Å². The summed E-state index contributed by atoms with van der Waals surface area (Å²) in [6, 6.07) is 5.51. The van der Waals surface area contributed by atoms with Gasteiger partial charge in [-0.25, -0.2) is 4.99 Å². The maximum atomic E-state index is 10.9. The van der Waals surface area contributed by atoms with E-state index in [4.69, 9.17) is 0 Å². The predicted octanol–water partition coefficient (Wildman–Crippen LogP) is 0.228. The molecule has 1 heterocycles. The van der Waals surface area contributed by atoms with Gasteiger partial charge in [-0.3, -0.25) is 9.79 Å². The van der Waals surface area contributed by atoms with E-state index in [0.29, 0.717) is 5.36 Å². The van der Waals surface area contributed by atoms with Crippen molar-refractivity contribution < 1.29 is 4.79 Å². The molecule has 4 heteroatoms. The van der Waals surface area contributed by atoms with Crippen LogP contribution in [0.1, 0.15) is 0 Å². The zero-order valence-corrected chi connectivity index (χ0v) is 7.71. The molecule has 1 aromatic carbocycles. The van der Waals surface area contributed by atoms with Crippen molar-refractivity contribution in [3.8, 4) is 0 Å². The standard InChI is InChI=1S/C8H5BrN2O/c9-5-1-2-6-7(3-5)11-8(12)4-10-6/h1-3H,4H2. The molecule has 1 aliphatic rings. The Morgan fingerprint density at radius 2 is 2.17 bits per heavy atom. The molecule has 12 heavy (non-hydrogen) atoms. The monoisotopic (exact) mass is 224 g/mol. The first-order chi connectivity index (χ1) is 5.75. The Hall–Kier alpha value is -1.03. The molecule has 1 aromatic rings. The maximum absolute atomic E-state index is 10.9. The van der Waals surface area contributed by atoms with Crippen molar-refractivity contribution in [3.05, 3.63) is 33.4 Å². The lowest BCUT2D eigenvalue weighted by molar-refractivity contribution is -0.116. The molecule has 0 N–H and O–H groups in total. The third-order valence-electron chi connectivity index (χ3n) is 1.57. The van der Waals surface area contributed by atoms with Crippen molar-refractivity contribution >= 4 is 21.8 Å². The Kier molecular flexibility index (Phi) is 1.77. The normalized spacial score (nSPS) is 14.6. The number of amides is 1. The number of carbonyl (C=O) groups is 1. The molecular weight excluding hydrogens is 220 g/mol. The predicted molar refractivity (Wildman–Crippen MR) is 46.3 cm³/mol. The quantitative estimate of drug-likeness (QED) is 0.623. The molecular formula is C8H5BrN2O. The number of rotatable bonds is 0. The fourth-order valence-electron chi connectivity index (χ4n) is 1.04. The molecule has 0 saturated carbocycles. The fraction of sp³-hybridized carbons (Fsp3) is 0.125. The number of fused-ring (bicyclic) bond motifs is 1. The van der Waals surface area contributed by atoms with Gasteiger partial charge in [0, 0.05) is 4.47 Å².